The van der Waals surface area contributed by atoms with Crippen molar-refractivity contribution < 1.29 is 0 Å². The van der Waals surface area contributed by atoms with Gasteiger partial charge in [-0.15, -0.1) is 11.3 Å². The molecule has 1 aliphatic rings. The van der Waals surface area contributed by atoms with Gasteiger partial charge in [0.15, 0.2) is 5.13 Å². The second-order valence-electron chi connectivity index (χ2n) is 7.13. The van der Waals surface area contributed by atoms with E-state index in [4.69, 9.17) is 4.98 Å². The standard InChI is InChI=1S/C17H31N3S/c1-6-20(13-10-8-7-9-11-13)16-19-15(17(2,3)4)14(21-16)12-18-5/h13,18H,6-12H2,1-5H3. The molecule has 0 spiro atoms. The normalized spacial score (nSPS) is 17.2. The van der Waals surface area contributed by atoms with Gasteiger partial charge in [-0.2, -0.15) is 0 Å². The summed E-state index contributed by atoms with van der Waals surface area (Å²) in [6.45, 7) is 11.1. The van der Waals surface area contributed by atoms with E-state index >= 15 is 0 Å². The minimum Gasteiger partial charge on any atom is -0.345 e. The Kier molecular flexibility index (Phi) is 5.67. The molecule has 1 N–H and O–H groups in total. The molecule has 1 heterocycles. The van der Waals surface area contributed by atoms with Crippen LogP contribution in [0, 0.1) is 0 Å². The predicted molar refractivity (Wildman–Crippen MR) is 93.5 cm³/mol. The molecule has 1 aromatic rings. The lowest BCUT2D eigenvalue weighted by molar-refractivity contribution is 0.417. The van der Waals surface area contributed by atoms with Gasteiger partial charge in [-0.3, -0.25) is 0 Å². The second-order valence-corrected chi connectivity index (χ2v) is 8.19. The second kappa shape index (κ2) is 7.10. The van der Waals surface area contributed by atoms with Crippen LogP contribution in [0.3, 0.4) is 0 Å². The molecule has 21 heavy (non-hydrogen) atoms. The van der Waals surface area contributed by atoms with Crippen molar-refractivity contribution in [1.29, 1.82) is 0 Å². The summed E-state index contributed by atoms with van der Waals surface area (Å²) in [7, 11) is 2.02. The van der Waals surface area contributed by atoms with Gasteiger partial charge in [0, 0.05) is 29.4 Å². The lowest BCUT2D eigenvalue weighted by Crippen LogP contribution is -2.36. The summed E-state index contributed by atoms with van der Waals surface area (Å²) in [5.41, 5.74) is 1.39. The molecule has 0 atom stereocenters. The van der Waals surface area contributed by atoms with Gasteiger partial charge in [-0.05, 0) is 26.8 Å². The zero-order valence-corrected chi connectivity index (χ0v) is 15.1. The third-order valence-corrected chi connectivity index (χ3v) is 5.43. The Morgan fingerprint density at radius 1 is 1.24 bits per heavy atom. The highest BCUT2D eigenvalue weighted by Crippen LogP contribution is 2.36. The maximum absolute atomic E-state index is 5.05. The molecule has 0 bridgehead atoms. The average molecular weight is 310 g/mol. The summed E-state index contributed by atoms with van der Waals surface area (Å²) in [4.78, 5) is 9.00. The average Bonchev–Trinajstić information content (AvgIpc) is 2.85. The fourth-order valence-electron chi connectivity index (χ4n) is 3.27. The van der Waals surface area contributed by atoms with Gasteiger partial charge < -0.3 is 10.2 Å². The Bertz CT molecular complexity index is 441. The van der Waals surface area contributed by atoms with Crippen LogP contribution in [-0.2, 0) is 12.0 Å². The maximum atomic E-state index is 5.05. The van der Waals surface area contributed by atoms with E-state index in [0.717, 1.165) is 13.1 Å². The fourth-order valence-corrected chi connectivity index (χ4v) is 4.69. The van der Waals surface area contributed by atoms with Crippen molar-refractivity contribution in [2.24, 2.45) is 0 Å². The van der Waals surface area contributed by atoms with E-state index < -0.39 is 0 Å². The Labute approximate surface area is 134 Å². The van der Waals surface area contributed by atoms with Gasteiger partial charge in [0.2, 0.25) is 0 Å². The van der Waals surface area contributed by atoms with E-state index in [-0.39, 0.29) is 5.41 Å². The molecule has 2 rings (SSSR count). The quantitative estimate of drug-likeness (QED) is 0.878. The lowest BCUT2D eigenvalue weighted by atomic mass is 9.91. The zero-order valence-electron chi connectivity index (χ0n) is 14.3. The number of nitrogens with zero attached hydrogens (tertiary/aromatic N) is 2. The van der Waals surface area contributed by atoms with E-state index in [0.29, 0.717) is 6.04 Å². The molecule has 1 aliphatic carbocycles. The third-order valence-electron chi connectivity index (χ3n) is 4.34. The summed E-state index contributed by atoms with van der Waals surface area (Å²) in [5, 5.41) is 4.53. The van der Waals surface area contributed by atoms with Gasteiger partial charge in [-0.25, -0.2) is 4.98 Å². The Hall–Kier alpha value is -0.610. The molecule has 1 aromatic heterocycles. The molecule has 4 heteroatoms. The number of anilines is 1. The molecule has 1 saturated carbocycles. The van der Waals surface area contributed by atoms with Crippen molar-refractivity contribution in [2.45, 2.75) is 77.8 Å². The SMILES string of the molecule is CCN(c1nc(C(C)(C)C)c(CNC)s1)C1CCCCC1. The number of aromatic nitrogens is 1. The number of nitrogens with one attached hydrogen (secondary N) is 1. The van der Waals surface area contributed by atoms with Crippen LogP contribution in [0.15, 0.2) is 0 Å². The van der Waals surface area contributed by atoms with Crippen molar-refractivity contribution in [3.05, 3.63) is 10.6 Å². The zero-order chi connectivity index (χ0) is 15.5. The summed E-state index contributed by atoms with van der Waals surface area (Å²) >= 11 is 1.89. The molecule has 1 fully saturated rings. The van der Waals surface area contributed by atoms with Crippen LogP contribution in [0.25, 0.3) is 0 Å². The first-order valence-electron chi connectivity index (χ1n) is 8.38. The molecule has 0 unspecified atom stereocenters. The molecule has 0 amide bonds. The molecule has 0 saturated heterocycles. The first-order valence-corrected chi connectivity index (χ1v) is 9.20. The Balaban J connectivity index is 2.28. The minimum absolute atomic E-state index is 0.118. The van der Waals surface area contributed by atoms with Crippen LogP contribution in [-0.4, -0.2) is 24.6 Å². The van der Waals surface area contributed by atoms with Crippen LogP contribution in [0.5, 0.6) is 0 Å². The Morgan fingerprint density at radius 2 is 1.90 bits per heavy atom. The monoisotopic (exact) mass is 309 g/mol. The summed E-state index contributed by atoms with van der Waals surface area (Å²) in [6.07, 6.45) is 6.83. The molecular weight excluding hydrogens is 278 g/mol. The molecule has 0 aliphatic heterocycles. The molecular formula is C17H31N3S. The van der Waals surface area contributed by atoms with Crippen molar-refractivity contribution >= 4 is 16.5 Å². The number of thiazole rings is 1. The Morgan fingerprint density at radius 3 is 2.43 bits per heavy atom. The molecule has 0 radical (unpaired) electrons. The van der Waals surface area contributed by atoms with Crippen LogP contribution < -0.4 is 10.2 Å². The highest BCUT2D eigenvalue weighted by atomic mass is 32.1. The lowest BCUT2D eigenvalue weighted by Gasteiger charge is -2.33. The van der Waals surface area contributed by atoms with E-state index in [1.54, 1.807) is 0 Å². The van der Waals surface area contributed by atoms with Crippen LogP contribution in [0.1, 0.15) is 70.4 Å². The topological polar surface area (TPSA) is 28.2 Å². The van der Waals surface area contributed by atoms with Crippen LogP contribution in [0.4, 0.5) is 5.13 Å². The summed E-state index contributed by atoms with van der Waals surface area (Å²) in [6, 6.07) is 0.699. The molecule has 0 aromatic carbocycles. The van der Waals surface area contributed by atoms with Gasteiger partial charge in [-0.1, -0.05) is 40.0 Å². The van der Waals surface area contributed by atoms with Crippen LogP contribution >= 0.6 is 11.3 Å². The highest BCUT2D eigenvalue weighted by molar-refractivity contribution is 7.15. The third kappa shape index (κ3) is 3.98. The van der Waals surface area contributed by atoms with Crippen molar-refractivity contribution in [3.8, 4) is 0 Å². The van der Waals surface area contributed by atoms with E-state index in [2.05, 4.69) is 37.9 Å². The van der Waals surface area contributed by atoms with Gasteiger partial charge in [0.05, 0.1) is 5.69 Å². The maximum Gasteiger partial charge on any atom is 0.186 e. The number of hydrogen-bond acceptors (Lipinski definition) is 4. The summed E-state index contributed by atoms with van der Waals surface area (Å²) in [5.74, 6) is 0. The van der Waals surface area contributed by atoms with Crippen molar-refractivity contribution in [1.82, 2.24) is 10.3 Å². The largest absolute Gasteiger partial charge is 0.345 e. The van der Waals surface area contributed by atoms with E-state index in [1.807, 2.05) is 18.4 Å². The van der Waals surface area contributed by atoms with Gasteiger partial charge in [0.1, 0.15) is 0 Å². The summed E-state index contributed by atoms with van der Waals surface area (Å²) < 4.78 is 0. The predicted octanol–water partition coefficient (Wildman–Crippen LogP) is 4.32. The molecule has 3 nitrogen and oxygen atoms in total. The first-order chi connectivity index (χ1) is 9.97. The number of hydrogen-bond donors (Lipinski definition) is 1. The van der Waals surface area contributed by atoms with E-state index in [9.17, 15) is 0 Å². The van der Waals surface area contributed by atoms with Crippen LogP contribution in [0.2, 0.25) is 0 Å². The van der Waals surface area contributed by atoms with E-state index in [1.165, 1.54) is 47.8 Å². The van der Waals surface area contributed by atoms with Crippen molar-refractivity contribution in [2.75, 3.05) is 18.5 Å². The fraction of sp³-hybridized carbons (Fsp3) is 0.824. The van der Waals surface area contributed by atoms with Gasteiger partial charge >= 0.3 is 0 Å². The minimum atomic E-state index is 0.118. The van der Waals surface area contributed by atoms with Crippen molar-refractivity contribution in [3.63, 3.8) is 0 Å². The molecule has 120 valence electrons. The number of rotatable bonds is 5. The first kappa shape index (κ1) is 16.8. The highest BCUT2D eigenvalue weighted by Gasteiger charge is 2.27. The smallest absolute Gasteiger partial charge is 0.186 e. The van der Waals surface area contributed by atoms with Gasteiger partial charge in [0.25, 0.3) is 0 Å².